The molecule has 2 aromatic rings. The average Bonchev–Trinajstić information content (AvgIpc) is 3.22. The van der Waals surface area contributed by atoms with Crippen LogP contribution in [0.1, 0.15) is 41.6 Å². The number of carbonyl (C=O) groups excluding carboxylic acids is 1. The van der Waals surface area contributed by atoms with Gasteiger partial charge in [-0.05, 0) is 68.6 Å². The van der Waals surface area contributed by atoms with Gasteiger partial charge in [0, 0.05) is 37.4 Å². The number of rotatable bonds is 5. The molecule has 0 unspecified atom stereocenters. The molecule has 5 nitrogen and oxygen atoms in total. The number of aromatic nitrogens is 1. The topological polar surface area (TPSA) is 48.5 Å². The fourth-order valence-electron chi connectivity index (χ4n) is 4.07. The van der Waals surface area contributed by atoms with E-state index >= 15 is 0 Å². The van der Waals surface area contributed by atoms with Crippen LogP contribution in [0.2, 0.25) is 0 Å². The highest BCUT2D eigenvalue weighted by Gasteiger charge is 2.22. The van der Waals surface area contributed by atoms with Crippen LogP contribution in [0.25, 0.3) is 0 Å². The third-order valence-electron chi connectivity index (χ3n) is 5.60. The maximum Gasteiger partial charge on any atom is 0.251 e. The monoisotopic (exact) mass is 364 g/mol. The van der Waals surface area contributed by atoms with E-state index in [4.69, 9.17) is 0 Å². The Kier molecular flexibility index (Phi) is 5.68. The van der Waals surface area contributed by atoms with Crippen molar-refractivity contribution in [1.82, 2.24) is 15.2 Å². The molecule has 2 fully saturated rings. The average molecular weight is 364 g/mol. The molecule has 2 aliphatic heterocycles. The zero-order chi connectivity index (χ0) is 18.5. The van der Waals surface area contributed by atoms with Crippen molar-refractivity contribution in [2.75, 3.05) is 31.1 Å². The fourth-order valence-corrected chi connectivity index (χ4v) is 4.07. The van der Waals surface area contributed by atoms with E-state index in [-0.39, 0.29) is 11.9 Å². The van der Waals surface area contributed by atoms with Gasteiger partial charge in [-0.2, -0.15) is 0 Å². The number of nitrogens with zero attached hydrogens (tertiary/aromatic N) is 3. The molecule has 0 saturated carbocycles. The van der Waals surface area contributed by atoms with Crippen molar-refractivity contribution in [2.24, 2.45) is 0 Å². The van der Waals surface area contributed by atoms with Crippen molar-refractivity contribution in [3.63, 3.8) is 0 Å². The SMILES string of the molecule is O=C(NC1CCN(c2ccccn2)CC1)c1cccc(CN2CCCC2)c1. The van der Waals surface area contributed by atoms with Crippen molar-refractivity contribution in [3.8, 4) is 0 Å². The number of carbonyl (C=O) groups is 1. The highest BCUT2D eigenvalue weighted by Crippen LogP contribution is 2.18. The van der Waals surface area contributed by atoms with E-state index in [9.17, 15) is 4.79 Å². The van der Waals surface area contributed by atoms with Crippen LogP contribution >= 0.6 is 0 Å². The minimum absolute atomic E-state index is 0.0505. The summed E-state index contributed by atoms with van der Waals surface area (Å²) in [5.74, 6) is 1.08. The Morgan fingerprint density at radius 3 is 2.59 bits per heavy atom. The lowest BCUT2D eigenvalue weighted by Crippen LogP contribution is -2.45. The Labute approximate surface area is 161 Å². The molecule has 2 aliphatic rings. The van der Waals surface area contributed by atoms with Crippen molar-refractivity contribution in [3.05, 3.63) is 59.8 Å². The molecule has 4 rings (SSSR count). The molecule has 1 amide bonds. The lowest BCUT2D eigenvalue weighted by atomic mass is 10.0. The van der Waals surface area contributed by atoms with Crippen molar-refractivity contribution in [1.29, 1.82) is 0 Å². The van der Waals surface area contributed by atoms with E-state index in [2.05, 4.69) is 32.2 Å². The first-order valence-corrected chi connectivity index (χ1v) is 10.1. The maximum absolute atomic E-state index is 12.7. The Balaban J connectivity index is 1.30. The first kappa shape index (κ1) is 18.0. The summed E-state index contributed by atoms with van der Waals surface area (Å²) >= 11 is 0. The zero-order valence-corrected chi connectivity index (χ0v) is 15.8. The number of hydrogen-bond acceptors (Lipinski definition) is 4. The van der Waals surface area contributed by atoms with Gasteiger partial charge in [-0.15, -0.1) is 0 Å². The molecule has 0 spiro atoms. The number of anilines is 1. The molecule has 1 aromatic carbocycles. The molecular weight excluding hydrogens is 336 g/mol. The van der Waals surface area contributed by atoms with Gasteiger partial charge in [0.05, 0.1) is 0 Å². The van der Waals surface area contributed by atoms with E-state index in [1.807, 2.05) is 36.5 Å². The Morgan fingerprint density at radius 2 is 1.85 bits per heavy atom. The summed E-state index contributed by atoms with van der Waals surface area (Å²) in [5.41, 5.74) is 2.01. The zero-order valence-electron chi connectivity index (χ0n) is 15.8. The minimum atomic E-state index is 0.0505. The third kappa shape index (κ3) is 4.66. The van der Waals surface area contributed by atoms with E-state index in [1.165, 1.54) is 31.5 Å². The molecule has 3 heterocycles. The standard InChI is InChI=1S/C22H28N4O/c27-22(19-7-5-6-18(16-19)17-25-12-3-4-13-25)24-20-9-14-26(15-10-20)21-8-1-2-11-23-21/h1-2,5-8,11,16,20H,3-4,9-10,12-15,17H2,(H,24,27). The van der Waals surface area contributed by atoms with Crippen LogP contribution in [-0.2, 0) is 6.54 Å². The van der Waals surface area contributed by atoms with Gasteiger partial charge >= 0.3 is 0 Å². The number of benzene rings is 1. The van der Waals surface area contributed by atoms with E-state index < -0.39 is 0 Å². The summed E-state index contributed by atoms with van der Waals surface area (Å²) in [6, 6.07) is 14.3. The second-order valence-corrected chi connectivity index (χ2v) is 7.61. The second-order valence-electron chi connectivity index (χ2n) is 7.61. The molecule has 1 aromatic heterocycles. The van der Waals surface area contributed by atoms with Gasteiger partial charge in [-0.1, -0.05) is 18.2 Å². The lowest BCUT2D eigenvalue weighted by Gasteiger charge is -2.33. The molecule has 0 bridgehead atoms. The molecule has 1 N–H and O–H groups in total. The van der Waals surface area contributed by atoms with Gasteiger partial charge in [0.25, 0.3) is 5.91 Å². The number of piperidine rings is 1. The van der Waals surface area contributed by atoms with Crippen LogP contribution in [0, 0.1) is 0 Å². The van der Waals surface area contributed by atoms with Crippen LogP contribution in [0.3, 0.4) is 0 Å². The summed E-state index contributed by atoms with van der Waals surface area (Å²) in [6.45, 7) is 5.15. The van der Waals surface area contributed by atoms with Gasteiger partial charge in [0.15, 0.2) is 0 Å². The molecule has 142 valence electrons. The molecule has 0 radical (unpaired) electrons. The Morgan fingerprint density at radius 1 is 1.04 bits per heavy atom. The maximum atomic E-state index is 12.7. The van der Waals surface area contributed by atoms with E-state index in [0.717, 1.165) is 43.9 Å². The number of pyridine rings is 1. The molecular formula is C22H28N4O. The number of amides is 1. The van der Waals surface area contributed by atoms with Crippen LogP contribution in [-0.4, -0.2) is 48.0 Å². The highest BCUT2D eigenvalue weighted by molar-refractivity contribution is 5.94. The van der Waals surface area contributed by atoms with Gasteiger partial charge in [-0.25, -0.2) is 4.98 Å². The van der Waals surface area contributed by atoms with Crippen LogP contribution in [0.15, 0.2) is 48.7 Å². The first-order valence-electron chi connectivity index (χ1n) is 10.1. The molecule has 0 atom stereocenters. The van der Waals surface area contributed by atoms with Crippen LogP contribution in [0.5, 0.6) is 0 Å². The fraction of sp³-hybridized carbons (Fsp3) is 0.455. The van der Waals surface area contributed by atoms with Gasteiger partial charge < -0.3 is 10.2 Å². The lowest BCUT2D eigenvalue weighted by molar-refractivity contribution is 0.0931. The van der Waals surface area contributed by atoms with Gasteiger partial charge in [0.2, 0.25) is 0 Å². The number of nitrogens with one attached hydrogen (secondary N) is 1. The summed E-state index contributed by atoms with van der Waals surface area (Å²) in [6.07, 6.45) is 6.32. The van der Waals surface area contributed by atoms with Crippen molar-refractivity contribution >= 4 is 11.7 Å². The Bertz CT molecular complexity index is 750. The minimum Gasteiger partial charge on any atom is -0.356 e. The third-order valence-corrected chi connectivity index (χ3v) is 5.60. The number of likely N-dealkylation sites (tertiary alicyclic amines) is 1. The summed E-state index contributed by atoms with van der Waals surface area (Å²) in [4.78, 5) is 21.9. The van der Waals surface area contributed by atoms with Crippen molar-refractivity contribution in [2.45, 2.75) is 38.3 Å². The molecule has 0 aliphatic carbocycles. The van der Waals surface area contributed by atoms with Gasteiger partial charge in [-0.3, -0.25) is 9.69 Å². The largest absolute Gasteiger partial charge is 0.356 e. The predicted octanol–water partition coefficient (Wildman–Crippen LogP) is 3.08. The summed E-state index contributed by atoms with van der Waals surface area (Å²) in [7, 11) is 0. The quantitative estimate of drug-likeness (QED) is 0.886. The highest BCUT2D eigenvalue weighted by atomic mass is 16.1. The molecule has 27 heavy (non-hydrogen) atoms. The number of hydrogen-bond donors (Lipinski definition) is 1. The normalized spacial score (nSPS) is 18.6. The van der Waals surface area contributed by atoms with Crippen molar-refractivity contribution < 1.29 is 4.79 Å². The molecule has 5 heteroatoms. The van der Waals surface area contributed by atoms with Crippen LogP contribution < -0.4 is 10.2 Å². The van der Waals surface area contributed by atoms with Crippen LogP contribution in [0.4, 0.5) is 5.82 Å². The first-order chi connectivity index (χ1) is 13.3. The molecule has 2 saturated heterocycles. The van der Waals surface area contributed by atoms with Gasteiger partial charge in [0.1, 0.15) is 5.82 Å². The summed E-state index contributed by atoms with van der Waals surface area (Å²) < 4.78 is 0. The van der Waals surface area contributed by atoms with E-state index in [1.54, 1.807) is 0 Å². The van der Waals surface area contributed by atoms with E-state index in [0.29, 0.717) is 0 Å². The second kappa shape index (κ2) is 8.53. The summed E-state index contributed by atoms with van der Waals surface area (Å²) in [5, 5.41) is 3.23. The Hall–Kier alpha value is -2.40. The smallest absolute Gasteiger partial charge is 0.251 e. The predicted molar refractivity (Wildman–Crippen MR) is 108 cm³/mol.